The molecule has 0 bridgehead atoms. The van der Waals surface area contributed by atoms with Crippen molar-refractivity contribution < 1.29 is 32.4 Å². The van der Waals surface area contributed by atoms with Gasteiger partial charge in [0.05, 0.1) is 5.25 Å². The molecule has 2 atom stereocenters. The van der Waals surface area contributed by atoms with E-state index in [1.165, 1.54) is 6.92 Å². The van der Waals surface area contributed by atoms with E-state index in [-0.39, 0.29) is 13.0 Å². The molecular formula is C10H17NO7S. The average Bonchev–Trinajstić information content (AvgIpc) is 2.26. The number of ether oxygens (including phenoxy) is 1. The summed E-state index contributed by atoms with van der Waals surface area (Å²) in [6.45, 7) is 4.41. The fourth-order valence-electron chi connectivity index (χ4n) is 1.20. The summed E-state index contributed by atoms with van der Waals surface area (Å²) >= 11 is 0. The fourth-order valence-corrected chi connectivity index (χ4v) is 1.92. The van der Waals surface area contributed by atoms with Crippen molar-refractivity contribution in [3.63, 3.8) is 0 Å². The van der Waals surface area contributed by atoms with Crippen LogP contribution in [0.15, 0.2) is 12.7 Å². The summed E-state index contributed by atoms with van der Waals surface area (Å²) in [6.07, 6.45) is -0.487. The first-order chi connectivity index (χ1) is 8.66. The van der Waals surface area contributed by atoms with Crippen molar-refractivity contribution in [1.82, 2.24) is 5.32 Å². The molecule has 3 N–H and O–H groups in total. The standard InChI is InChI=1S/C10H17NO7S/c1-3-10(14)18-7(2)11-6-8(19(15,16)17)4-5-9(12)13/h3,7-8,11H,1,4-6H2,2H3,(H,12,13)(H,15,16,17). The first-order valence-electron chi connectivity index (χ1n) is 5.41. The molecule has 0 spiro atoms. The van der Waals surface area contributed by atoms with Crippen LogP contribution >= 0.6 is 0 Å². The highest BCUT2D eigenvalue weighted by atomic mass is 32.2. The molecule has 0 rings (SSSR count). The largest absolute Gasteiger partial charge is 0.481 e. The molecule has 8 nitrogen and oxygen atoms in total. The van der Waals surface area contributed by atoms with Gasteiger partial charge in [-0.25, -0.2) is 4.79 Å². The molecule has 0 saturated heterocycles. The van der Waals surface area contributed by atoms with Gasteiger partial charge in [-0.15, -0.1) is 0 Å². The summed E-state index contributed by atoms with van der Waals surface area (Å²) in [5.74, 6) is -1.85. The SMILES string of the molecule is C=CC(=O)OC(C)NCC(CCC(=O)O)S(=O)(=O)O. The minimum atomic E-state index is -4.38. The molecule has 0 aromatic rings. The number of esters is 1. The molecule has 0 heterocycles. The van der Waals surface area contributed by atoms with Gasteiger partial charge in [-0.2, -0.15) is 8.42 Å². The van der Waals surface area contributed by atoms with Crippen molar-refractivity contribution in [2.24, 2.45) is 0 Å². The summed E-state index contributed by atoms with van der Waals surface area (Å²) < 4.78 is 35.7. The Hall–Kier alpha value is -1.45. The number of rotatable bonds is 9. The van der Waals surface area contributed by atoms with Gasteiger partial charge >= 0.3 is 11.9 Å². The predicted molar refractivity (Wildman–Crippen MR) is 66.0 cm³/mol. The number of carboxylic acids is 1. The molecule has 19 heavy (non-hydrogen) atoms. The van der Waals surface area contributed by atoms with Crippen molar-refractivity contribution in [1.29, 1.82) is 0 Å². The molecule has 0 aromatic carbocycles. The van der Waals surface area contributed by atoms with Crippen molar-refractivity contribution in [3.05, 3.63) is 12.7 Å². The lowest BCUT2D eigenvalue weighted by Crippen LogP contribution is -2.39. The lowest BCUT2D eigenvalue weighted by Gasteiger charge is -2.18. The van der Waals surface area contributed by atoms with E-state index in [9.17, 15) is 18.0 Å². The predicted octanol–water partition coefficient (Wildman–Crippen LogP) is -0.228. The highest BCUT2D eigenvalue weighted by Gasteiger charge is 2.24. The lowest BCUT2D eigenvalue weighted by atomic mass is 10.2. The summed E-state index contributed by atoms with van der Waals surface area (Å²) in [5.41, 5.74) is 0. The number of carbonyl (C=O) groups is 2. The van der Waals surface area contributed by atoms with Crippen LogP contribution in [0.5, 0.6) is 0 Å². The monoisotopic (exact) mass is 295 g/mol. The quantitative estimate of drug-likeness (QED) is 0.230. The molecule has 0 radical (unpaired) electrons. The number of nitrogens with one attached hydrogen (secondary N) is 1. The summed E-state index contributed by atoms with van der Waals surface area (Å²) in [6, 6.07) is 0. The van der Waals surface area contributed by atoms with Gasteiger partial charge in [0.25, 0.3) is 10.1 Å². The van der Waals surface area contributed by atoms with Crippen LogP contribution in [0.3, 0.4) is 0 Å². The third kappa shape index (κ3) is 8.30. The highest BCUT2D eigenvalue weighted by molar-refractivity contribution is 7.86. The molecule has 0 aliphatic carbocycles. The Labute approximate surface area is 111 Å². The van der Waals surface area contributed by atoms with Crippen molar-refractivity contribution in [2.75, 3.05) is 6.54 Å². The molecule has 0 aliphatic rings. The van der Waals surface area contributed by atoms with Crippen molar-refractivity contribution in [2.45, 2.75) is 31.2 Å². The van der Waals surface area contributed by atoms with Gasteiger partial charge in [-0.05, 0) is 13.3 Å². The third-order valence-corrected chi connectivity index (χ3v) is 3.44. The molecule has 0 fully saturated rings. The number of aliphatic carboxylic acids is 1. The Morgan fingerprint density at radius 2 is 2.05 bits per heavy atom. The normalized spacial score (nSPS) is 14.4. The van der Waals surface area contributed by atoms with Gasteiger partial charge in [-0.3, -0.25) is 14.7 Å². The maximum absolute atomic E-state index is 11.0. The van der Waals surface area contributed by atoms with Gasteiger partial charge in [0.15, 0.2) is 6.23 Å². The van der Waals surface area contributed by atoms with Crippen LogP contribution in [0.25, 0.3) is 0 Å². The minimum Gasteiger partial charge on any atom is -0.481 e. The zero-order chi connectivity index (χ0) is 15.1. The first kappa shape index (κ1) is 17.6. The van der Waals surface area contributed by atoms with Crippen LogP contribution in [0, 0.1) is 0 Å². The molecule has 0 aliphatic heterocycles. The highest BCUT2D eigenvalue weighted by Crippen LogP contribution is 2.07. The molecular weight excluding hydrogens is 278 g/mol. The maximum Gasteiger partial charge on any atom is 0.331 e. The van der Waals surface area contributed by atoms with E-state index >= 15 is 0 Å². The van der Waals surface area contributed by atoms with E-state index in [0.29, 0.717) is 0 Å². The van der Waals surface area contributed by atoms with E-state index in [2.05, 4.69) is 11.9 Å². The Morgan fingerprint density at radius 3 is 2.47 bits per heavy atom. The molecule has 2 unspecified atom stereocenters. The van der Waals surface area contributed by atoms with Crippen molar-refractivity contribution in [3.8, 4) is 0 Å². The van der Waals surface area contributed by atoms with Gasteiger partial charge in [0, 0.05) is 19.0 Å². The van der Waals surface area contributed by atoms with E-state index < -0.39 is 40.0 Å². The smallest absolute Gasteiger partial charge is 0.331 e. The molecule has 0 amide bonds. The first-order valence-corrected chi connectivity index (χ1v) is 6.91. The maximum atomic E-state index is 11.0. The topological polar surface area (TPSA) is 130 Å². The van der Waals surface area contributed by atoms with Crippen LogP contribution in [0.2, 0.25) is 0 Å². The second-order valence-corrected chi connectivity index (χ2v) is 5.46. The Bertz CT molecular complexity index is 431. The third-order valence-electron chi connectivity index (χ3n) is 2.19. The Kier molecular flexibility index (Phi) is 7.27. The van der Waals surface area contributed by atoms with Crippen LogP contribution < -0.4 is 5.32 Å². The van der Waals surface area contributed by atoms with E-state index in [1.54, 1.807) is 0 Å². The summed E-state index contributed by atoms with van der Waals surface area (Å²) in [5, 5.41) is 9.75. The van der Waals surface area contributed by atoms with Gasteiger partial charge < -0.3 is 9.84 Å². The fraction of sp³-hybridized carbons (Fsp3) is 0.600. The van der Waals surface area contributed by atoms with Gasteiger partial charge in [0.1, 0.15) is 0 Å². The molecule has 9 heteroatoms. The Balaban J connectivity index is 4.38. The lowest BCUT2D eigenvalue weighted by molar-refractivity contribution is -0.143. The van der Waals surface area contributed by atoms with Gasteiger partial charge in [0.2, 0.25) is 0 Å². The zero-order valence-corrected chi connectivity index (χ0v) is 11.2. The van der Waals surface area contributed by atoms with E-state index in [1.807, 2.05) is 0 Å². The number of carboxylic acid groups (broad SMARTS) is 1. The number of carbonyl (C=O) groups excluding carboxylic acids is 1. The number of hydrogen-bond acceptors (Lipinski definition) is 6. The van der Waals surface area contributed by atoms with E-state index in [4.69, 9.17) is 14.4 Å². The number of hydrogen-bond donors (Lipinski definition) is 3. The summed E-state index contributed by atoms with van der Waals surface area (Å²) in [4.78, 5) is 21.2. The van der Waals surface area contributed by atoms with Crippen LogP contribution in [-0.2, 0) is 24.4 Å². The molecule has 110 valence electrons. The zero-order valence-electron chi connectivity index (χ0n) is 10.4. The Morgan fingerprint density at radius 1 is 1.47 bits per heavy atom. The van der Waals surface area contributed by atoms with Crippen LogP contribution in [-0.4, -0.2) is 48.0 Å². The van der Waals surface area contributed by atoms with Crippen molar-refractivity contribution >= 4 is 22.1 Å². The van der Waals surface area contributed by atoms with Gasteiger partial charge in [-0.1, -0.05) is 6.58 Å². The molecule has 0 saturated carbocycles. The second-order valence-electron chi connectivity index (χ2n) is 3.76. The minimum absolute atomic E-state index is 0.238. The average molecular weight is 295 g/mol. The summed E-state index contributed by atoms with van der Waals surface area (Å²) in [7, 11) is -4.38. The molecule has 0 aromatic heterocycles. The van der Waals surface area contributed by atoms with Crippen LogP contribution in [0.4, 0.5) is 0 Å². The van der Waals surface area contributed by atoms with E-state index in [0.717, 1.165) is 6.08 Å². The van der Waals surface area contributed by atoms with Crippen LogP contribution in [0.1, 0.15) is 19.8 Å². The second kappa shape index (κ2) is 7.87.